The Balaban J connectivity index is 2.13. The molecule has 0 radical (unpaired) electrons. The smallest absolute Gasteiger partial charge is 0.271 e. The highest BCUT2D eigenvalue weighted by molar-refractivity contribution is 6.35. The van der Waals surface area contributed by atoms with Gasteiger partial charge in [0.2, 0.25) is 0 Å². The first kappa shape index (κ1) is 21.3. The maximum Gasteiger partial charge on any atom is 0.301 e. The van der Waals surface area contributed by atoms with E-state index in [0.29, 0.717) is 5.56 Å². The second-order valence-electron chi connectivity index (χ2n) is 6.08. The van der Waals surface area contributed by atoms with Gasteiger partial charge < -0.3 is 0 Å². The molecule has 0 aliphatic carbocycles. The Hall–Kier alpha value is -4.38. The number of hydrogen-bond acceptors (Lipinski definition) is 8. The molecule has 0 amide bonds. The predicted octanol–water partition coefficient (Wildman–Crippen LogP) is 4.93. The van der Waals surface area contributed by atoms with Gasteiger partial charge in [-0.15, -0.1) is 0 Å². The summed E-state index contributed by atoms with van der Waals surface area (Å²) in [7, 11) is 0. The van der Waals surface area contributed by atoms with E-state index in [1.165, 1.54) is 18.2 Å². The number of anilines is 1. The minimum Gasteiger partial charge on any atom is -0.271 e. The summed E-state index contributed by atoms with van der Waals surface area (Å²) >= 11 is 6.25. The molecule has 0 unspecified atom stereocenters. The first-order valence-electron chi connectivity index (χ1n) is 8.54. The highest BCUT2D eigenvalue weighted by Crippen LogP contribution is 2.30. The largest absolute Gasteiger partial charge is 0.301 e. The molecule has 3 rings (SSSR count). The van der Waals surface area contributed by atoms with Gasteiger partial charge in [0.15, 0.2) is 0 Å². The standard InChI is InChI=1S/C19H12ClN5O6/c20-16-8-6-13(23(26)27)10-15(16)19(12-4-2-1-3-5-12)22-21-17-9-7-14(24(28)29)11-18(17)25(30)31/h1-11,21H/b22-19-. The Morgan fingerprint density at radius 3 is 2.03 bits per heavy atom. The van der Waals surface area contributed by atoms with Crippen LogP contribution in [0.2, 0.25) is 5.02 Å². The minimum absolute atomic E-state index is 0.106. The number of halogens is 1. The molecular formula is C19H12ClN5O6. The molecular weight excluding hydrogens is 430 g/mol. The fourth-order valence-electron chi connectivity index (χ4n) is 2.68. The second kappa shape index (κ2) is 8.97. The summed E-state index contributed by atoms with van der Waals surface area (Å²) in [5.74, 6) is 0. The number of nitrogens with one attached hydrogen (secondary N) is 1. The van der Waals surface area contributed by atoms with Crippen LogP contribution in [0.3, 0.4) is 0 Å². The summed E-state index contributed by atoms with van der Waals surface area (Å²) in [5.41, 5.74) is 2.13. The van der Waals surface area contributed by atoms with E-state index >= 15 is 0 Å². The summed E-state index contributed by atoms with van der Waals surface area (Å²) in [6.45, 7) is 0. The van der Waals surface area contributed by atoms with Gasteiger partial charge in [-0.05, 0) is 12.1 Å². The molecule has 0 saturated carbocycles. The minimum atomic E-state index is -0.784. The fourth-order valence-corrected chi connectivity index (χ4v) is 2.89. The van der Waals surface area contributed by atoms with E-state index in [2.05, 4.69) is 10.5 Å². The Labute approximate surface area is 179 Å². The molecule has 3 aromatic rings. The van der Waals surface area contributed by atoms with Crippen LogP contribution in [0, 0.1) is 30.3 Å². The molecule has 0 heterocycles. The summed E-state index contributed by atoms with van der Waals surface area (Å²) in [5, 5.41) is 37.8. The van der Waals surface area contributed by atoms with Crippen molar-refractivity contribution in [2.24, 2.45) is 5.10 Å². The van der Waals surface area contributed by atoms with Gasteiger partial charge >= 0.3 is 5.69 Å². The van der Waals surface area contributed by atoms with Crippen LogP contribution in [-0.4, -0.2) is 20.5 Å². The normalized spacial score (nSPS) is 11.1. The Kier molecular flexibility index (Phi) is 6.17. The van der Waals surface area contributed by atoms with Gasteiger partial charge in [0.25, 0.3) is 11.4 Å². The number of benzene rings is 3. The first-order valence-corrected chi connectivity index (χ1v) is 8.92. The second-order valence-corrected chi connectivity index (χ2v) is 6.48. The third-order valence-corrected chi connectivity index (χ3v) is 4.47. The number of nitro benzene ring substituents is 3. The third-order valence-electron chi connectivity index (χ3n) is 4.14. The topological polar surface area (TPSA) is 154 Å². The molecule has 156 valence electrons. The molecule has 0 atom stereocenters. The van der Waals surface area contributed by atoms with Gasteiger partial charge in [0.05, 0.1) is 31.6 Å². The zero-order valence-corrected chi connectivity index (χ0v) is 16.2. The van der Waals surface area contributed by atoms with Crippen molar-refractivity contribution in [3.05, 3.63) is 113 Å². The Morgan fingerprint density at radius 1 is 0.806 bits per heavy atom. The van der Waals surface area contributed by atoms with E-state index < -0.39 is 26.1 Å². The molecule has 0 aliphatic rings. The molecule has 0 fully saturated rings. The SMILES string of the molecule is O=[N+]([O-])c1ccc(Cl)c(/C(=N\Nc2ccc([N+](=O)[O-])cc2[N+](=O)[O-])c2ccccc2)c1. The lowest BCUT2D eigenvalue weighted by molar-refractivity contribution is -0.393. The van der Waals surface area contributed by atoms with Crippen LogP contribution in [0.1, 0.15) is 11.1 Å². The highest BCUT2D eigenvalue weighted by atomic mass is 35.5. The summed E-state index contributed by atoms with van der Waals surface area (Å²) in [4.78, 5) is 31.3. The van der Waals surface area contributed by atoms with Crippen LogP contribution in [0.4, 0.5) is 22.7 Å². The van der Waals surface area contributed by atoms with Crippen LogP contribution < -0.4 is 5.43 Å². The van der Waals surface area contributed by atoms with E-state index in [1.807, 2.05) is 0 Å². The van der Waals surface area contributed by atoms with E-state index in [0.717, 1.165) is 18.2 Å². The van der Waals surface area contributed by atoms with E-state index in [9.17, 15) is 30.3 Å². The zero-order chi connectivity index (χ0) is 22.5. The fraction of sp³-hybridized carbons (Fsp3) is 0. The number of rotatable bonds is 7. The van der Waals surface area contributed by atoms with Crippen molar-refractivity contribution >= 4 is 40.1 Å². The van der Waals surface area contributed by atoms with E-state index in [1.54, 1.807) is 30.3 Å². The molecule has 11 nitrogen and oxygen atoms in total. The van der Waals surface area contributed by atoms with Crippen LogP contribution in [0.15, 0.2) is 71.8 Å². The molecule has 0 aliphatic heterocycles. The molecule has 1 N–H and O–H groups in total. The van der Waals surface area contributed by atoms with Crippen molar-refractivity contribution in [2.75, 3.05) is 5.43 Å². The lowest BCUT2D eigenvalue weighted by Gasteiger charge is -2.10. The lowest BCUT2D eigenvalue weighted by Crippen LogP contribution is -2.09. The van der Waals surface area contributed by atoms with E-state index in [4.69, 9.17) is 11.6 Å². The van der Waals surface area contributed by atoms with Gasteiger partial charge in [0.1, 0.15) is 5.69 Å². The molecule has 3 aromatic carbocycles. The Bertz CT molecular complexity index is 1220. The maximum atomic E-state index is 11.4. The van der Waals surface area contributed by atoms with Gasteiger partial charge in [-0.25, -0.2) is 0 Å². The van der Waals surface area contributed by atoms with Crippen LogP contribution in [0.25, 0.3) is 0 Å². The average molecular weight is 442 g/mol. The van der Waals surface area contributed by atoms with Gasteiger partial charge in [-0.2, -0.15) is 5.10 Å². The molecule has 12 heteroatoms. The van der Waals surface area contributed by atoms with E-state index in [-0.39, 0.29) is 27.7 Å². The van der Waals surface area contributed by atoms with Crippen LogP contribution in [-0.2, 0) is 0 Å². The molecule has 0 spiro atoms. The van der Waals surface area contributed by atoms with Crippen molar-refractivity contribution in [1.82, 2.24) is 0 Å². The number of hydrogen-bond donors (Lipinski definition) is 1. The zero-order valence-electron chi connectivity index (χ0n) is 15.5. The van der Waals surface area contributed by atoms with Crippen molar-refractivity contribution in [3.63, 3.8) is 0 Å². The van der Waals surface area contributed by atoms with Crippen LogP contribution >= 0.6 is 11.6 Å². The summed E-state index contributed by atoms with van der Waals surface area (Å²) in [6.07, 6.45) is 0. The number of nitrogens with zero attached hydrogens (tertiary/aromatic N) is 4. The van der Waals surface area contributed by atoms with Gasteiger partial charge in [-0.3, -0.25) is 35.8 Å². The number of non-ortho nitro benzene ring substituents is 2. The third kappa shape index (κ3) is 4.79. The monoisotopic (exact) mass is 441 g/mol. The van der Waals surface area contributed by atoms with Crippen molar-refractivity contribution < 1.29 is 14.8 Å². The van der Waals surface area contributed by atoms with Crippen molar-refractivity contribution in [1.29, 1.82) is 0 Å². The maximum absolute atomic E-state index is 11.4. The summed E-state index contributed by atoms with van der Waals surface area (Å²) < 4.78 is 0. The highest BCUT2D eigenvalue weighted by Gasteiger charge is 2.21. The predicted molar refractivity (Wildman–Crippen MR) is 114 cm³/mol. The van der Waals surface area contributed by atoms with Gasteiger partial charge in [-0.1, -0.05) is 41.9 Å². The van der Waals surface area contributed by atoms with Crippen molar-refractivity contribution in [3.8, 4) is 0 Å². The Morgan fingerprint density at radius 2 is 1.42 bits per heavy atom. The van der Waals surface area contributed by atoms with Gasteiger partial charge in [0, 0.05) is 29.3 Å². The number of nitro groups is 3. The molecule has 0 aromatic heterocycles. The number of hydrazone groups is 1. The summed E-state index contributed by atoms with van der Waals surface area (Å²) in [6, 6.07) is 15.4. The quantitative estimate of drug-likeness (QED) is 0.309. The molecule has 0 bridgehead atoms. The average Bonchev–Trinajstić information content (AvgIpc) is 2.75. The molecule has 31 heavy (non-hydrogen) atoms. The first-order chi connectivity index (χ1) is 14.8. The molecule has 0 saturated heterocycles. The van der Waals surface area contributed by atoms with Crippen molar-refractivity contribution in [2.45, 2.75) is 0 Å². The van der Waals surface area contributed by atoms with Crippen LogP contribution in [0.5, 0.6) is 0 Å². The lowest BCUT2D eigenvalue weighted by atomic mass is 10.0.